The Hall–Kier alpha value is -2.11. The maximum absolute atomic E-state index is 13.5. The van der Waals surface area contributed by atoms with Gasteiger partial charge in [0.2, 0.25) is 15.9 Å². The van der Waals surface area contributed by atoms with E-state index in [1.807, 2.05) is 0 Å². The molecule has 0 saturated heterocycles. The summed E-state index contributed by atoms with van der Waals surface area (Å²) in [7, 11) is -4.31. The second-order valence-corrected chi connectivity index (χ2v) is 8.44. The number of carbonyl (C=O) groups is 1. The van der Waals surface area contributed by atoms with Crippen LogP contribution in [0.15, 0.2) is 58.3 Å². The maximum atomic E-state index is 13.5. The van der Waals surface area contributed by atoms with Gasteiger partial charge >= 0.3 is 6.18 Å². The Balaban J connectivity index is 1.86. The van der Waals surface area contributed by atoms with Crippen LogP contribution in [0.5, 0.6) is 0 Å². The molecule has 0 aliphatic rings. The number of hydrogen-bond acceptors (Lipinski definition) is 4. The van der Waals surface area contributed by atoms with Crippen molar-refractivity contribution in [2.45, 2.75) is 22.4 Å². The molecule has 0 heterocycles. The smallest absolute Gasteiger partial charge is 0.326 e. The molecular weight excluding hydrogens is 420 g/mol. The Labute approximate surface area is 163 Å². The number of hydrogen-bond donors (Lipinski definition) is 2. The number of halogens is 4. The lowest BCUT2D eigenvalue weighted by molar-refractivity contribution is -0.121. The number of alkyl halides is 3. The largest absolute Gasteiger partial charge is 0.402 e. The Morgan fingerprint density at radius 3 is 2.29 bits per heavy atom. The van der Waals surface area contributed by atoms with Crippen LogP contribution in [0.2, 0.25) is 0 Å². The monoisotopic (exact) mass is 436 g/mol. The van der Waals surface area contributed by atoms with Crippen LogP contribution in [0.1, 0.15) is 6.42 Å². The molecule has 0 radical (unpaired) electrons. The molecule has 152 valence electrons. The van der Waals surface area contributed by atoms with Crippen LogP contribution >= 0.6 is 11.8 Å². The number of thioether (sulfide) groups is 1. The third-order valence-corrected chi connectivity index (χ3v) is 5.80. The Morgan fingerprint density at radius 1 is 1.04 bits per heavy atom. The Bertz CT molecular complexity index is 917. The van der Waals surface area contributed by atoms with E-state index in [0.717, 1.165) is 12.1 Å². The van der Waals surface area contributed by atoms with Crippen LogP contribution in [-0.4, -0.2) is 32.8 Å². The van der Waals surface area contributed by atoms with Gasteiger partial charge in [-0.25, -0.2) is 17.5 Å². The van der Waals surface area contributed by atoms with Crippen molar-refractivity contribution in [2.24, 2.45) is 0 Å². The molecule has 0 bridgehead atoms. The van der Waals surface area contributed by atoms with Gasteiger partial charge in [-0.1, -0.05) is 12.1 Å². The molecule has 11 heteroatoms. The molecule has 0 aliphatic carbocycles. The van der Waals surface area contributed by atoms with Gasteiger partial charge in [-0.05, 0) is 36.4 Å². The van der Waals surface area contributed by atoms with E-state index in [-0.39, 0.29) is 28.7 Å². The van der Waals surface area contributed by atoms with Crippen molar-refractivity contribution in [3.63, 3.8) is 0 Å². The predicted molar refractivity (Wildman–Crippen MR) is 98.1 cm³/mol. The van der Waals surface area contributed by atoms with Gasteiger partial charge in [0.05, 0.1) is 4.90 Å². The van der Waals surface area contributed by atoms with Crippen molar-refractivity contribution in [3.05, 3.63) is 54.3 Å². The number of anilines is 1. The number of carbonyl (C=O) groups excluding carboxylic acids is 1. The zero-order chi connectivity index (χ0) is 20.8. The van der Waals surface area contributed by atoms with E-state index in [1.54, 1.807) is 18.2 Å². The van der Waals surface area contributed by atoms with Gasteiger partial charge in [0.1, 0.15) is 12.4 Å². The minimum absolute atomic E-state index is 0.0895. The molecule has 2 rings (SSSR count). The molecule has 5 nitrogen and oxygen atoms in total. The van der Waals surface area contributed by atoms with Crippen molar-refractivity contribution < 1.29 is 30.8 Å². The van der Waals surface area contributed by atoms with E-state index >= 15 is 0 Å². The molecule has 0 aromatic heterocycles. The number of rotatable bonds is 8. The van der Waals surface area contributed by atoms with Gasteiger partial charge in [0.25, 0.3) is 0 Å². The van der Waals surface area contributed by atoms with Gasteiger partial charge in [0, 0.05) is 22.8 Å². The summed E-state index contributed by atoms with van der Waals surface area (Å²) in [5.41, 5.74) is 0.288. The first-order chi connectivity index (χ1) is 13.1. The number of amides is 1. The highest BCUT2D eigenvalue weighted by molar-refractivity contribution is 7.99. The molecule has 0 atom stereocenters. The molecule has 0 fully saturated rings. The molecule has 0 aliphatic heterocycles. The van der Waals surface area contributed by atoms with Crippen LogP contribution in [-0.2, 0) is 14.8 Å². The second-order valence-electron chi connectivity index (χ2n) is 5.54. The van der Waals surface area contributed by atoms with Crippen LogP contribution in [0, 0.1) is 5.82 Å². The number of sulfonamides is 1. The van der Waals surface area contributed by atoms with E-state index in [2.05, 4.69) is 5.32 Å². The van der Waals surface area contributed by atoms with Crippen molar-refractivity contribution in [3.8, 4) is 0 Å². The first-order valence-corrected chi connectivity index (χ1v) is 10.4. The lowest BCUT2D eigenvalue weighted by Crippen LogP contribution is -2.33. The van der Waals surface area contributed by atoms with Crippen LogP contribution in [0.3, 0.4) is 0 Å². The third-order valence-electron chi connectivity index (χ3n) is 3.33. The summed E-state index contributed by atoms with van der Waals surface area (Å²) in [4.78, 5) is 12.0. The average molecular weight is 436 g/mol. The minimum Gasteiger partial charge on any atom is -0.326 e. The molecule has 2 N–H and O–H groups in total. The van der Waals surface area contributed by atoms with Crippen molar-refractivity contribution in [1.29, 1.82) is 0 Å². The average Bonchev–Trinajstić information content (AvgIpc) is 2.62. The molecule has 28 heavy (non-hydrogen) atoms. The summed E-state index contributed by atoms with van der Waals surface area (Å²) >= 11 is 1.18. The molecule has 2 aromatic rings. The second kappa shape index (κ2) is 9.39. The highest BCUT2D eigenvalue weighted by Gasteiger charge is 2.30. The summed E-state index contributed by atoms with van der Waals surface area (Å²) in [6.07, 6.45) is -4.58. The highest BCUT2D eigenvalue weighted by Crippen LogP contribution is 2.22. The van der Waals surface area contributed by atoms with Gasteiger partial charge in [-0.15, -0.1) is 11.8 Å². The van der Waals surface area contributed by atoms with Crippen LogP contribution in [0.4, 0.5) is 23.2 Å². The van der Waals surface area contributed by atoms with Gasteiger partial charge in [0.15, 0.2) is 0 Å². The Kier molecular flexibility index (Phi) is 7.44. The quantitative estimate of drug-likeness (QED) is 0.488. The Morgan fingerprint density at radius 2 is 1.68 bits per heavy atom. The van der Waals surface area contributed by atoms with Crippen LogP contribution in [0.25, 0.3) is 0 Å². The van der Waals surface area contributed by atoms with E-state index in [9.17, 15) is 30.8 Å². The highest BCUT2D eigenvalue weighted by atomic mass is 32.2. The number of benzene rings is 2. The van der Waals surface area contributed by atoms with E-state index < -0.39 is 22.7 Å². The fourth-order valence-electron chi connectivity index (χ4n) is 2.02. The van der Waals surface area contributed by atoms with E-state index in [1.165, 1.54) is 34.7 Å². The predicted octanol–water partition coefficient (Wildman–Crippen LogP) is 3.79. The van der Waals surface area contributed by atoms with Gasteiger partial charge in [-0.3, -0.25) is 4.79 Å². The first-order valence-electron chi connectivity index (χ1n) is 7.90. The number of nitrogens with one attached hydrogen (secondary N) is 2. The summed E-state index contributed by atoms with van der Waals surface area (Å²) in [6.45, 7) is -1.67. The summed E-state index contributed by atoms with van der Waals surface area (Å²) in [6, 6.07) is 10.9. The molecular formula is C17H16F4N2O3S2. The lowest BCUT2D eigenvalue weighted by Gasteiger charge is -2.10. The standard InChI is InChI=1S/C17H16F4N2O3S2/c18-14-3-1-2-4-15(14)27-10-9-16(24)23-12-5-7-13(8-6-12)28(25,26)22-11-17(19,20)21/h1-8,22H,9-11H2,(H,23,24). The zero-order valence-corrected chi connectivity index (χ0v) is 15.9. The summed E-state index contributed by atoms with van der Waals surface area (Å²) in [5.74, 6) is -0.404. The van der Waals surface area contributed by atoms with Crippen molar-refractivity contribution in [2.75, 3.05) is 17.6 Å². The van der Waals surface area contributed by atoms with Crippen molar-refractivity contribution >= 4 is 33.4 Å². The molecule has 0 spiro atoms. The fourth-order valence-corrected chi connectivity index (χ4v) is 3.92. The third kappa shape index (κ3) is 7.13. The van der Waals surface area contributed by atoms with E-state index in [4.69, 9.17) is 0 Å². The molecule has 0 saturated carbocycles. The molecule has 0 unspecified atom stereocenters. The topological polar surface area (TPSA) is 75.3 Å². The SMILES string of the molecule is O=C(CCSc1ccccc1F)Nc1ccc(S(=O)(=O)NCC(F)(F)F)cc1. The summed E-state index contributed by atoms with van der Waals surface area (Å²) < 4.78 is 74.9. The van der Waals surface area contributed by atoms with E-state index in [0.29, 0.717) is 10.6 Å². The molecule has 2 aromatic carbocycles. The normalized spacial score (nSPS) is 12.0. The van der Waals surface area contributed by atoms with Gasteiger partial charge in [-0.2, -0.15) is 13.2 Å². The maximum Gasteiger partial charge on any atom is 0.402 e. The van der Waals surface area contributed by atoms with Crippen molar-refractivity contribution in [1.82, 2.24) is 4.72 Å². The first kappa shape index (κ1) is 22.2. The fraction of sp³-hybridized carbons (Fsp3) is 0.235. The zero-order valence-electron chi connectivity index (χ0n) is 14.3. The summed E-state index contributed by atoms with van der Waals surface area (Å²) in [5, 5.41) is 2.54. The lowest BCUT2D eigenvalue weighted by atomic mass is 10.3. The minimum atomic E-state index is -4.67. The van der Waals surface area contributed by atoms with Crippen LogP contribution < -0.4 is 10.0 Å². The molecule has 1 amide bonds. The van der Waals surface area contributed by atoms with Gasteiger partial charge < -0.3 is 5.32 Å².